The predicted octanol–water partition coefficient (Wildman–Crippen LogP) is 4.38. The van der Waals surface area contributed by atoms with Crippen molar-refractivity contribution in [2.24, 2.45) is 0 Å². The van der Waals surface area contributed by atoms with Gasteiger partial charge in [-0.05, 0) is 37.1 Å². The van der Waals surface area contributed by atoms with Crippen molar-refractivity contribution in [2.45, 2.75) is 44.7 Å². The highest BCUT2D eigenvalue weighted by molar-refractivity contribution is 6.14. The fraction of sp³-hybridized carbons (Fsp3) is 0.381. The minimum atomic E-state index is -0.103. The van der Waals surface area contributed by atoms with Crippen LogP contribution in [0.3, 0.4) is 0 Å². The molecule has 0 spiro atoms. The zero-order chi connectivity index (χ0) is 17.5. The molecule has 5 rings (SSSR count). The number of rotatable bonds is 2. The molecule has 26 heavy (non-hydrogen) atoms. The first-order valence-electron chi connectivity index (χ1n) is 9.30. The highest BCUT2D eigenvalue weighted by atomic mass is 16.5. The minimum absolute atomic E-state index is 0.103. The van der Waals surface area contributed by atoms with Crippen LogP contribution < -0.4 is 9.47 Å². The lowest BCUT2D eigenvalue weighted by Gasteiger charge is -2.37. The number of Topliss-reactive ketones (excluding diaryl/α,β-unsaturated/α-hetero) is 1. The number of ether oxygens (including phenoxy) is 2. The molecule has 134 valence electrons. The van der Waals surface area contributed by atoms with Gasteiger partial charge in [-0.2, -0.15) is 0 Å². The Bertz CT molecular complexity index is 862. The minimum Gasteiger partial charge on any atom is -0.478 e. The van der Waals surface area contributed by atoms with Crippen molar-refractivity contribution >= 4 is 11.9 Å². The average Bonchev–Trinajstić information content (AvgIpc) is 3.31. The lowest BCUT2D eigenvalue weighted by atomic mass is 9.93. The van der Waals surface area contributed by atoms with Crippen LogP contribution in [0.2, 0.25) is 0 Å². The van der Waals surface area contributed by atoms with Crippen molar-refractivity contribution in [1.82, 2.24) is 4.90 Å². The Morgan fingerprint density at radius 1 is 1.12 bits per heavy atom. The Morgan fingerprint density at radius 2 is 2.00 bits per heavy atom. The zero-order valence-electron chi connectivity index (χ0n) is 14.6. The van der Waals surface area contributed by atoms with Crippen LogP contribution in [0, 0.1) is 0 Å². The number of furan rings is 1. The normalized spacial score (nSPS) is 22.0. The second-order valence-corrected chi connectivity index (χ2v) is 7.19. The number of carbonyl (C=O) groups is 1. The van der Waals surface area contributed by atoms with Gasteiger partial charge in [0.15, 0.2) is 5.76 Å². The second-order valence-electron chi connectivity index (χ2n) is 7.19. The van der Waals surface area contributed by atoms with Gasteiger partial charge in [-0.25, -0.2) is 0 Å². The molecule has 0 atom stereocenters. The number of nitrogens with zero attached hydrogens (tertiary/aromatic N) is 1. The third-order valence-electron chi connectivity index (χ3n) is 5.55. The van der Waals surface area contributed by atoms with Crippen LogP contribution in [-0.2, 0) is 6.54 Å². The smallest absolute Gasteiger partial charge is 0.232 e. The van der Waals surface area contributed by atoms with Crippen LogP contribution in [0.5, 0.6) is 11.5 Å². The van der Waals surface area contributed by atoms with Crippen molar-refractivity contribution in [3.8, 4) is 11.5 Å². The van der Waals surface area contributed by atoms with Crippen molar-refractivity contribution in [1.29, 1.82) is 0 Å². The predicted molar refractivity (Wildman–Crippen MR) is 96.0 cm³/mol. The van der Waals surface area contributed by atoms with E-state index in [9.17, 15) is 4.79 Å². The quantitative estimate of drug-likeness (QED) is 0.752. The van der Waals surface area contributed by atoms with E-state index in [2.05, 4.69) is 4.90 Å². The van der Waals surface area contributed by atoms with Gasteiger partial charge in [0.05, 0.1) is 17.4 Å². The molecular weight excluding hydrogens is 330 g/mol. The summed E-state index contributed by atoms with van der Waals surface area (Å²) in [6.07, 6.45) is 9.57. The van der Waals surface area contributed by atoms with Gasteiger partial charge < -0.3 is 13.9 Å². The number of allylic oxidation sites excluding steroid dienone is 1. The number of fused-ring (bicyclic) bond motifs is 3. The van der Waals surface area contributed by atoms with Gasteiger partial charge in [0, 0.05) is 18.7 Å². The molecule has 0 amide bonds. The van der Waals surface area contributed by atoms with E-state index >= 15 is 0 Å². The van der Waals surface area contributed by atoms with E-state index in [1.54, 1.807) is 30.5 Å². The summed E-state index contributed by atoms with van der Waals surface area (Å²) in [6.45, 7) is 1.38. The molecule has 0 bridgehead atoms. The van der Waals surface area contributed by atoms with Crippen molar-refractivity contribution in [3.63, 3.8) is 0 Å². The molecular formula is C21H21NO4. The summed E-state index contributed by atoms with van der Waals surface area (Å²) in [5.74, 6) is 2.27. The summed E-state index contributed by atoms with van der Waals surface area (Å²) in [7, 11) is 0. The highest BCUT2D eigenvalue weighted by Gasteiger charge is 2.35. The van der Waals surface area contributed by atoms with Crippen LogP contribution >= 0.6 is 0 Å². The molecule has 0 saturated heterocycles. The van der Waals surface area contributed by atoms with Gasteiger partial charge >= 0.3 is 0 Å². The van der Waals surface area contributed by atoms with Gasteiger partial charge in [-0.15, -0.1) is 0 Å². The molecule has 0 unspecified atom stereocenters. The fourth-order valence-corrected chi connectivity index (χ4v) is 4.16. The third kappa shape index (κ3) is 2.63. The maximum Gasteiger partial charge on any atom is 0.232 e. The molecule has 5 nitrogen and oxygen atoms in total. The summed E-state index contributed by atoms with van der Waals surface area (Å²) in [6, 6.07) is 7.84. The van der Waals surface area contributed by atoms with Crippen LogP contribution in [0.4, 0.5) is 0 Å². The van der Waals surface area contributed by atoms with E-state index in [-0.39, 0.29) is 5.78 Å². The number of benzene rings is 1. The Balaban J connectivity index is 1.46. The zero-order valence-corrected chi connectivity index (χ0v) is 14.6. The molecule has 1 saturated carbocycles. The monoisotopic (exact) mass is 351 g/mol. The Labute approximate surface area is 152 Å². The molecule has 5 heteroatoms. The molecule has 1 aromatic heterocycles. The number of carbonyl (C=O) groups excluding carboxylic acids is 1. The average molecular weight is 351 g/mol. The topological polar surface area (TPSA) is 51.9 Å². The van der Waals surface area contributed by atoms with Crippen LogP contribution in [0.1, 0.15) is 53.8 Å². The van der Waals surface area contributed by atoms with E-state index in [4.69, 9.17) is 13.9 Å². The first-order chi connectivity index (χ1) is 12.8. The van der Waals surface area contributed by atoms with E-state index in [1.165, 1.54) is 32.1 Å². The van der Waals surface area contributed by atoms with E-state index in [0.29, 0.717) is 35.6 Å². The molecule has 0 radical (unpaired) electrons. The van der Waals surface area contributed by atoms with Crippen LogP contribution in [0.25, 0.3) is 6.08 Å². The van der Waals surface area contributed by atoms with E-state index in [1.807, 2.05) is 6.07 Å². The standard InChI is InChI=1S/C21H21NO4/c23-20-16-8-9-18-17(12-22(13-25-18)14-5-2-1-3-6-14)21(16)26-19(20)11-15-7-4-10-24-15/h4,7-11,14H,1-3,5-6,12-13H2/b19-11-. The number of ketones is 1. The second kappa shape index (κ2) is 6.32. The van der Waals surface area contributed by atoms with Gasteiger partial charge in [-0.3, -0.25) is 9.69 Å². The van der Waals surface area contributed by atoms with Gasteiger partial charge in [-0.1, -0.05) is 19.3 Å². The lowest BCUT2D eigenvalue weighted by Crippen LogP contribution is -2.41. The Hall–Kier alpha value is -2.53. The Kier molecular flexibility index (Phi) is 3.82. The molecule has 1 fully saturated rings. The SMILES string of the molecule is O=C1/C(=C/c2ccco2)Oc2c1ccc1c2CN(C2CCCCC2)CO1. The van der Waals surface area contributed by atoms with Gasteiger partial charge in [0.2, 0.25) is 5.78 Å². The lowest BCUT2D eigenvalue weighted by molar-refractivity contribution is 0.0394. The van der Waals surface area contributed by atoms with Crippen LogP contribution in [-0.4, -0.2) is 23.5 Å². The summed E-state index contributed by atoms with van der Waals surface area (Å²) in [5, 5.41) is 0. The number of hydrogen-bond donors (Lipinski definition) is 0. The molecule has 2 aliphatic heterocycles. The summed E-state index contributed by atoms with van der Waals surface area (Å²) >= 11 is 0. The first kappa shape index (κ1) is 15.7. The maximum absolute atomic E-state index is 12.7. The molecule has 3 aliphatic rings. The van der Waals surface area contributed by atoms with Crippen molar-refractivity contribution < 1.29 is 18.7 Å². The molecule has 0 N–H and O–H groups in total. The fourth-order valence-electron chi connectivity index (χ4n) is 4.16. The van der Waals surface area contributed by atoms with Crippen LogP contribution in [0.15, 0.2) is 40.7 Å². The number of hydrogen-bond acceptors (Lipinski definition) is 5. The summed E-state index contributed by atoms with van der Waals surface area (Å²) < 4.78 is 17.3. The first-order valence-corrected chi connectivity index (χ1v) is 9.30. The maximum atomic E-state index is 12.7. The Morgan fingerprint density at radius 3 is 2.81 bits per heavy atom. The molecule has 2 aromatic rings. The summed E-state index contributed by atoms with van der Waals surface area (Å²) in [4.78, 5) is 15.1. The third-order valence-corrected chi connectivity index (χ3v) is 5.55. The highest BCUT2D eigenvalue weighted by Crippen LogP contribution is 2.43. The molecule has 1 aromatic carbocycles. The van der Waals surface area contributed by atoms with Gasteiger partial charge in [0.25, 0.3) is 0 Å². The molecule has 3 heterocycles. The molecule has 1 aliphatic carbocycles. The summed E-state index contributed by atoms with van der Waals surface area (Å²) in [5.41, 5.74) is 1.59. The van der Waals surface area contributed by atoms with Crippen molar-refractivity contribution in [3.05, 3.63) is 53.2 Å². The largest absolute Gasteiger partial charge is 0.478 e. The van der Waals surface area contributed by atoms with E-state index in [0.717, 1.165) is 17.9 Å². The van der Waals surface area contributed by atoms with E-state index < -0.39 is 0 Å². The van der Waals surface area contributed by atoms with Gasteiger partial charge in [0.1, 0.15) is 24.0 Å². The van der Waals surface area contributed by atoms with Crippen molar-refractivity contribution in [2.75, 3.05) is 6.73 Å².